The fourth-order valence-electron chi connectivity index (χ4n) is 3.93. The van der Waals surface area contributed by atoms with Crippen molar-refractivity contribution in [1.29, 1.82) is 0 Å². The highest BCUT2D eigenvalue weighted by atomic mass is 35.5. The molecule has 1 saturated heterocycles. The van der Waals surface area contributed by atoms with E-state index in [9.17, 15) is 18.0 Å². The second-order valence-corrected chi connectivity index (χ2v) is 8.82. The lowest BCUT2D eigenvalue weighted by molar-refractivity contribution is -0.138. The molecule has 4 rings (SSSR count). The fourth-order valence-corrected chi connectivity index (χ4v) is 4.23. The number of amides is 1. The van der Waals surface area contributed by atoms with Crippen molar-refractivity contribution in [1.82, 2.24) is 25.1 Å². The first-order valence-corrected chi connectivity index (χ1v) is 11.0. The highest BCUT2D eigenvalue weighted by molar-refractivity contribution is 6.42. The first kappa shape index (κ1) is 24.2. The molecule has 0 spiro atoms. The maximum absolute atomic E-state index is 13.1. The molecule has 0 radical (unpaired) electrons. The number of rotatable bonds is 5. The van der Waals surface area contributed by atoms with Crippen molar-refractivity contribution >= 4 is 35.1 Å². The number of likely N-dealkylation sites (tertiary alicyclic amines) is 1. The molecule has 12 heteroatoms. The van der Waals surface area contributed by atoms with Gasteiger partial charge in [-0.2, -0.15) is 23.4 Å². The molecule has 178 valence electrons. The van der Waals surface area contributed by atoms with E-state index in [4.69, 9.17) is 23.2 Å². The molecule has 3 heterocycles. The van der Waals surface area contributed by atoms with Crippen LogP contribution < -0.4 is 5.32 Å². The van der Waals surface area contributed by atoms with Crippen molar-refractivity contribution in [3.8, 4) is 0 Å². The fraction of sp³-hybridized carbons (Fsp3) is 0.318. The third kappa shape index (κ3) is 5.39. The van der Waals surface area contributed by atoms with Crippen LogP contribution in [0.5, 0.6) is 0 Å². The summed E-state index contributed by atoms with van der Waals surface area (Å²) in [5.41, 5.74) is 1.03. The van der Waals surface area contributed by atoms with E-state index in [1.54, 1.807) is 30.0 Å². The van der Waals surface area contributed by atoms with Gasteiger partial charge in [-0.25, -0.2) is 9.97 Å². The third-order valence-electron chi connectivity index (χ3n) is 5.63. The van der Waals surface area contributed by atoms with Crippen LogP contribution in [-0.4, -0.2) is 50.6 Å². The largest absolute Gasteiger partial charge is 0.419 e. The minimum Gasteiger partial charge on any atom is -0.354 e. The molecule has 0 unspecified atom stereocenters. The maximum Gasteiger partial charge on any atom is 0.419 e. The SMILES string of the molecule is Cc1cc(C(=O)N2C[C@@H](CNc3ncc(C(F)(F)F)cn3)[C@@H](c3ccc(Cl)c(Cl)c3)C2)cnn1. The molecular weight excluding hydrogens is 492 g/mol. The van der Waals surface area contributed by atoms with Crippen LogP contribution in [0, 0.1) is 12.8 Å². The molecule has 0 aliphatic carbocycles. The highest BCUT2D eigenvalue weighted by Gasteiger charge is 2.37. The highest BCUT2D eigenvalue weighted by Crippen LogP contribution is 2.36. The van der Waals surface area contributed by atoms with Crippen molar-refractivity contribution in [2.45, 2.75) is 19.0 Å². The molecule has 3 aromatic rings. The molecule has 1 N–H and O–H groups in total. The van der Waals surface area contributed by atoms with Crippen LogP contribution in [0.25, 0.3) is 0 Å². The Bertz CT molecular complexity index is 1190. The third-order valence-corrected chi connectivity index (χ3v) is 6.36. The van der Waals surface area contributed by atoms with Crippen molar-refractivity contribution < 1.29 is 18.0 Å². The van der Waals surface area contributed by atoms with Crippen LogP contribution in [0.1, 0.15) is 33.1 Å². The van der Waals surface area contributed by atoms with Crippen molar-refractivity contribution in [2.24, 2.45) is 5.92 Å². The lowest BCUT2D eigenvalue weighted by Crippen LogP contribution is -2.30. The van der Waals surface area contributed by atoms with Crippen molar-refractivity contribution in [3.05, 3.63) is 75.3 Å². The second kappa shape index (κ2) is 9.71. The smallest absolute Gasteiger partial charge is 0.354 e. The normalized spacial score (nSPS) is 18.2. The summed E-state index contributed by atoms with van der Waals surface area (Å²) in [4.78, 5) is 22.3. The van der Waals surface area contributed by atoms with Gasteiger partial charge in [-0.15, -0.1) is 0 Å². The van der Waals surface area contributed by atoms with Crippen LogP contribution >= 0.6 is 23.2 Å². The monoisotopic (exact) mass is 510 g/mol. The number of benzene rings is 1. The lowest BCUT2D eigenvalue weighted by Gasteiger charge is -2.19. The number of carbonyl (C=O) groups excluding carboxylic acids is 1. The predicted molar refractivity (Wildman–Crippen MR) is 121 cm³/mol. The second-order valence-electron chi connectivity index (χ2n) is 8.01. The van der Waals surface area contributed by atoms with Gasteiger partial charge in [0.05, 0.1) is 33.1 Å². The molecule has 7 nitrogen and oxygen atoms in total. The number of halogens is 5. The van der Waals surface area contributed by atoms with Gasteiger partial charge < -0.3 is 10.2 Å². The van der Waals surface area contributed by atoms with Crippen LogP contribution in [0.4, 0.5) is 19.1 Å². The van der Waals surface area contributed by atoms with Crippen LogP contribution in [0.2, 0.25) is 10.0 Å². The van der Waals surface area contributed by atoms with Gasteiger partial charge in [-0.05, 0) is 30.7 Å². The van der Waals surface area contributed by atoms with Gasteiger partial charge in [-0.3, -0.25) is 4.79 Å². The van der Waals surface area contributed by atoms with E-state index < -0.39 is 11.7 Å². The molecule has 1 fully saturated rings. The molecule has 1 aliphatic heterocycles. The Labute approximate surface area is 203 Å². The molecule has 0 bridgehead atoms. The number of alkyl halides is 3. The number of aryl methyl sites for hydroxylation is 1. The molecule has 34 heavy (non-hydrogen) atoms. The van der Waals surface area contributed by atoms with E-state index >= 15 is 0 Å². The molecule has 2 aromatic heterocycles. The minimum atomic E-state index is -4.51. The molecule has 2 atom stereocenters. The summed E-state index contributed by atoms with van der Waals surface area (Å²) >= 11 is 12.3. The van der Waals surface area contributed by atoms with E-state index in [1.807, 2.05) is 6.07 Å². The summed E-state index contributed by atoms with van der Waals surface area (Å²) in [5, 5.41) is 11.6. The van der Waals surface area contributed by atoms with E-state index in [1.165, 1.54) is 6.20 Å². The summed E-state index contributed by atoms with van der Waals surface area (Å²) in [6.07, 6.45) is -1.63. The van der Waals surface area contributed by atoms with Crippen molar-refractivity contribution in [2.75, 3.05) is 25.0 Å². The van der Waals surface area contributed by atoms with Crippen LogP contribution in [0.3, 0.4) is 0 Å². The van der Waals surface area contributed by atoms with Crippen LogP contribution in [-0.2, 0) is 6.18 Å². The van der Waals surface area contributed by atoms with Gasteiger partial charge in [-0.1, -0.05) is 29.3 Å². The van der Waals surface area contributed by atoms with Crippen LogP contribution in [0.15, 0.2) is 42.9 Å². The summed E-state index contributed by atoms with van der Waals surface area (Å²) in [6, 6.07) is 6.99. The molecule has 1 amide bonds. The summed E-state index contributed by atoms with van der Waals surface area (Å²) in [5.74, 6) is -0.310. The van der Waals surface area contributed by atoms with Gasteiger partial charge in [0.1, 0.15) is 0 Å². The molecule has 1 aromatic carbocycles. The number of aromatic nitrogens is 4. The number of carbonyl (C=O) groups is 1. The number of hydrogen-bond acceptors (Lipinski definition) is 6. The number of hydrogen-bond donors (Lipinski definition) is 1. The number of nitrogens with one attached hydrogen (secondary N) is 1. The number of anilines is 1. The van der Waals surface area contributed by atoms with Gasteiger partial charge in [0.15, 0.2) is 0 Å². The van der Waals surface area contributed by atoms with Gasteiger partial charge in [0.25, 0.3) is 5.91 Å². The van der Waals surface area contributed by atoms with E-state index in [2.05, 4.69) is 25.5 Å². The van der Waals surface area contributed by atoms with Gasteiger partial charge in [0, 0.05) is 43.9 Å². The summed E-state index contributed by atoms with van der Waals surface area (Å²) in [7, 11) is 0. The first-order chi connectivity index (χ1) is 16.1. The Balaban J connectivity index is 1.54. The number of nitrogens with zero attached hydrogens (tertiary/aromatic N) is 5. The Morgan fingerprint density at radius 1 is 1.12 bits per heavy atom. The standard InChI is InChI=1S/C22H19Cl2F3N6O/c1-12-4-14(7-31-32-12)20(34)33-10-15(17(11-33)13-2-3-18(23)19(24)5-13)6-28-21-29-8-16(9-30-21)22(25,26)27/h2-5,7-9,15,17H,6,10-11H2,1H3,(H,28,29,30)/t15-,17-/m1/s1. The Morgan fingerprint density at radius 3 is 2.50 bits per heavy atom. The van der Waals surface area contributed by atoms with E-state index in [0.717, 1.165) is 18.0 Å². The van der Waals surface area contributed by atoms with Crippen molar-refractivity contribution in [3.63, 3.8) is 0 Å². The zero-order valence-electron chi connectivity index (χ0n) is 17.9. The quantitative estimate of drug-likeness (QED) is 0.527. The zero-order valence-corrected chi connectivity index (χ0v) is 19.4. The topological polar surface area (TPSA) is 83.9 Å². The van der Waals surface area contributed by atoms with E-state index in [-0.39, 0.29) is 23.7 Å². The lowest BCUT2D eigenvalue weighted by atomic mass is 9.89. The molecule has 1 aliphatic rings. The Morgan fingerprint density at radius 2 is 1.85 bits per heavy atom. The average molecular weight is 511 g/mol. The first-order valence-electron chi connectivity index (χ1n) is 10.3. The minimum absolute atomic E-state index is 0.0691. The van der Waals surface area contributed by atoms with Gasteiger partial charge >= 0.3 is 6.18 Å². The maximum atomic E-state index is 13.1. The van der Waals surface area contributed by atoms with Gasteiger partial charge in [0.2, 0.25) is 5.95 Å². The molecular formula is C22H19Cl2F3N6O. The van der Waals surface area contributed by atoms with E-state index in [0.29, 0.717) is 40.9 Å². The average Bonchev–Trinajstić information content (AvgIpc) is 3.23. The predicted octanol–water partition coefficient (Wildman–Crippen LogP) is 4.87. The summed E-state index contributed by atoms with van der Waals surface area (Å²) in [6.45, 7) is 2.90. The Kier molecular flexibility index (Phi) is 6.90. The Hall–Kier alpha value is -2.98. The zero-order chi connectivity index (χ0) is 24.5. The molecule has 0 saturated carbocycles. The summed E-state index contributed by atoms with van der Waals surface area (Å²) < 4.78 is 38.3.